The number of nitrogens with zero attached hydrogens (tertiary/aromatic N) is 2. The summed E-state index contributed by atoms with van der Waals surface area (Å²) in [6.45, 7) is 0.153. The van der Waals surface area contributed by atoms with Crippen molar-refractivity contribution in [3.63, 3.8) is 0 Å². The molecule has 7 heteroatoms. The number of nitrogens with two attached hydrogens (primary N) is 1. The Kier molecular flexibility index (Phi) is 4.19. The molecule has 0 unspecified atom stereocenters. The molecule has 0 aliphatic carbocycles. The summed E-state index contributed by atoms with van der Waals surface area (Å²) in [5, 5.41) is 0. The van der Waals surface area contributed by atoms with Crippen molar-refractivity contribution in [2.24, 2.45) is 5.73 Å². The van der Waals surface area contributed by atoms with Gasteiger partial charge in [-0.05, 0) is 23.8 Å². The minimum absolute atomic E-state index is 0.0524. The summed E-state index contributed by atoms with van der Waals surface area (Å²) in [6, 6.07) is 5.57. The SMILES string of the molecule is NCc1ccc(C(F)(F)F)nc1OCc1ccncc1. The van der Waals surface area contributed by atoms with E-state index in [4.69, 9.17) is 10.5 Å². The van der Waals surface area contributed by atoms with Crippen LogP contribution in [-0.4, -0.2) is 9.97 Å². The predicted molar refractivity (Wildman–Crippen MR) is 65.7 cm³/mol. The van der Waals surface area contributed by atoms with E-state index in [2.05, 4.69) is 9.97 Å². The number of rotatable bonds is 4. The lowest BCUT2D eigenvalue weighted by atomic mass is 10.2. The van der Waals surface area contributed by atoms with Gasteiger partial charge in [-0.2, -0.15) is 13.2 Å². The van der Waals surface area contributed by atoms with Gasteiger partial charge in [-0.25, -0.2) is 4.98 Å². The maximum atomic E-state index is 12.6. The van der Waals surface area contributed by atoms with Crippen LogP contribution in [0.3, 0.4) is 0 Å². The highest BCUT2D eigenvalue weighted by Crippen LogP contribution is 2.30. The third-order valence-corrected chi connectivity index (χ3v) is 2.57. The molecule has 106 valence electrons. The van der Waals surface area contributed by atoms with E-state index in [1.54, 1.807) is 24.5 Å². The standard InChI is InChI=1S/C13H12F3N3O/c14-13(15,16)11-2-1-10(7-17)12(19-11)20-8-9-3-5-18-6-4-9/h1-6H,7-8,17H2. The molecule has 4 nitrogen and oxygen atoms in total. The molecule has 0 aromatic carbocycles. The summed E-state index contributed by atoms with van der Waals surface area (Å²) in [7, 11) is 0. The number of hydrogen-bond acceptors (Lipinski definition) is 4. The highest BCUT2D eigenvalue weighted by atomic mass is 19.4. The number of pyridine rings is 2. The molecular formula is C13H12F3N3O. The topological polar surface area (TPSA) is 61.0 Å². The first kappa shape index (κ1) is 14.3. The quantitative estimate of drug-likeness (QED) is 0.936. The molecule has 0 aliphatic rings. The number of alkyl halides is 3. The van der Waals surface area contributed by atoms with Gasteiger partial charge in [0.1, 0.15) is 12.3 Å². The molecule has 0 atom stereocenters. The molecule has 0 radical (unpaired) electrons. The predicted octanol–water partition coefficient (Wildman–Crippen LogP) is 2.53. The minimum atomic E-state index is -4.51. The Bertz CT molecular complexity index is 573. The molecule has 2 heterocycles. The molecule has 20 heavy (non-hydrogen) atoms. The molecule has 0 fully saturated rings. The van der Waals surface area contributed by atoms with E-state index in [-0.39, 0.29) is 19.0 Å². The fraction of sp³-hybridized carbons (Fsp3) is 0.231. The molecule has 2 aromatic rings. The van der Waals surface area contributed by atoms with Gasteiger partial charge >= 0.3 is 6.18 Å². The first-order chi connectivity index (χ1) is 9.50. The Hall–Kier alpha value is -2.15. The van der Waals surface area contributed by atoms with Crippen LogP contribution in [0.1, 0.15) is 16.8 Å². The molecule has 0 bridgehead atoms. The highest BCUT2D eigenvalue weighted by Gasteiger charge is 2.33. The third kappa shape index (κ3) is 3.45. The van der Waals surface area contributed by atoms with Crippen LogP contribution in [0.4, 0.5) is 13.2 Å². The molecule has 2 N–H and O–H groups in total. The van der Waals surface area contributed by atoms with E-state index in [1.807, 2.05) is 0 Å². The zero-order chi connectivity index (χ0) is 14.6. The van der Waals surface area contributed by atoms with Crippen molar-refractivity contribution in [1.29, 1.82) is 0 Å². The molecule has 2 rings (SSSR count). The van der Waals surface area contributed by atoms with Gasteiger partial charge in [0.05, 0.1) is 0 Å². The molecule has 0 saturated carbocycles. The molecule has 2 aromatic heterocycles. The lowest BCUT2D eigenvalue weighted by Crippen LogP contribution is -2.12. The molecular weight excluding hydrogens is 271 g/mol. The van der Waals surface area contributed by atoms with Gasteiger partial charge in [0.25, 0.3) is 0 Å². The first-order valence-corrected chi connectivity index (χ1v) is 5.79. The van der Waals surface area contributed by atoms with E-state index in [9.17, 15) is 13.2 Å². The van der Waals surface area contributed by atoms with Crippen LogP contribution in [0.2, 0.25) is 0 Å². The Balaban J connectivity index is 2.21. The maximum absolute atomic E-state index is 12.6. The Labute approximate surface area is 113 Å². The highest BCUT2D eigenvalue weighted by molar-refractivity contribution is 5.29. The number of ether oxygens (including phenoxy) is 1. The zero-order valence-electron chi connectivity index (χ0n) is 10.4. The Morgan fingerprint density at radius 3 is 2.40 bits per heavy atom. The van der Waals surface area contributed by atoms with Crippen LogP contribution in [0.15, 0.2) is 36.7 Å². The van der Waals surface area contributed by atoms with Gasteiger partial charge in [0.2, 0.25) is 5.88 Å². The summed E-state index contributed by atoms with van der Waals surface area (Å²) in [5.41, 5.74) is 5.67. The average Bonchev–Trinajstić information content (AvgIpc) is 2.45. The number of aromatic nitrogens is 2. The second kappa shape index (κ2) is 5.87. The van der Waals surface area contributed by atoms with Crippen LogP contribution >= 0.6 is 0 Å². The second-order valence-electron chi connectivity index (χ2n) is 4.01. The van der Waals surface area contributed by atoms with Crippen molar-refractivity contribution >= 4 is 0 Å². The summed E-state index contributed by atoms with van der Waals surface area (Å²) in [5.74, 6) is -0.0980. The van der Waals surface area contributed by atoms with Crippen molar-refractivity contribution < 1.29 is 17.9 Å². The van der Waals surface area contributed by atoms with Crippen LogP contribution in [0, 0.1) is 0 Å². The van der Waals surface area contributed by atoms with Gasteiger partial charge in [-0.15, -0.1) is 0 Å². The fourth-order valence-electron chi connectivity index (χ4n) is 1.54. The largest absolute Gasteiger partial charge is 0.473 e. The summed E-state index contributed by atoms with van der Waals surface area (Å²) >= 11 is 0. The second-order valence-corrected chi connectivity index (χ2v) is 4.01. The molecule has 0 aliphatic heterocycles. The summed E-state index contributed by atoms with van der Waals surface area (Å²) in [4.78, 5) is 7.33. The van der Waals surface area contributed by atoms with E-state index in [1.165, 1.54) is 6.07 Å². The smallest absolute Gasteiger partial charge is 0.433 e. The van der Waals surface area contributed by atoms with Crippen LogP contribution in [0.25, 0.3) is 0 Å². The summed E-state index contributed by atoms with van der Waals surface area (Å²) < 4.78 is 43.2. The van der Waals surface area contributed by atoms with Gasteiger partial charge in [-0.3, -0.25) is 4.98 Å². The zero-order valence-corrected chi connectivity index (χ0v) is 10.4. The van der Waals surface area contributed by atoms with Gasteiger partial charge < -0.3 is 10.5 Å². The van der Waals surface area contributed by atoms with E-state index < -0.39 is 11.9 Å². The number of halogens is 3. The van der Waals surface area contributed by atoms with Gasteiger partial charge in [0.15, 0.2) is 0 Å². The van der Waals surface area contributed by atoms with Crippen molar-refractivity contribution in [2.45, 2.75) is 19.3 Å². The minimum Gasteiger partial charge on any atom is -0.473 e. The fourth-order valence-corrected chi connectivity index (χ4v) is 1.54. The molecule has 0 spiro atoms. The van der Waals surface area contributed by atoms with Crippen molar-refractivity contribution in [1.82, 2.24) is 9.97 Å². The lowest BCUT2D eigenvalue weighted by molar-refractivity contribution is -0.141. The van der Waals surface area contributed by atoms with Gasteiger partial charge in [0, 0.05) is 24.5 Å². The molecule has 0 saturated heterocycles. The van der Waals surface area contributed by atoms with E-state index >= 15 is 0 Å². The van der Waals surface area contributed by atoms with Crippen molar-refractivity contribution in [3.8, 4) is 5.88 Å². The van der Waals surface area contributed by atoms with Crippen molar-refractivity contribution in [3.05, 3.63) is 53.5 Å². The Morgan fingerprint density at radius 2 is 1.80 bits per heavy atom. The lowest BCUT2D eigenvalue weighted by Gasteiger charge is -2.12. The van der Waals surface area contributed by atoms with Gasteiger partial charge in [-0.1, -0.05) is 6.07 Å². The van der Waals surface area contributed by atoms with Crippen LogP contribution in [-0.2, 0) is 19.3 Å². The van der Waals surface area contributed by atoms with Crippen molar-refractivity contribution in [2.75, 3.05) is 0 Å². The van der Waals surface area contributed by atoms with Crippen LogP contribution < -0.4 is 10.5 Å². The van der Waals surface area contributed by atoms with Crippen LogP contribution in [0.5, 0.6) is 5.88 Å². The van der Waals surface area contributed by atoms with E-state index in [0.29, 0.717) is 5.56 Å². The average molecular weight is 283 g/mol. The third-order valence-electron chi connectivity index (χ3n) is 2.57. The maximum Gasteiger partial charge on any atom is 0.433 e. The number of hydrogen-bond donors (Lipinski definition) is 1. The Morgan fingerprint density at radius 1 is 1.10 bits per heavy atom. The normalized spacial score (nSPS) is 11.4. The summed E-state index contributed by atoms with van der Waals surface area (Å²) in [6.07, 6.45) is -1.37. The van der Waals surface area contributed by atoms with E-state index in [0.717, 1.165) is 11.6 Å². The first-order valence-electron chi connectivity index (χ1n) is 5.79. The monoisotopic (exact) mass is 283 g/mol. The molecule has 0 amide bonds.